The predicted molar refractivity (Wildman–Crippen MR) is 70.9 cm³/mol. The molecule has 0 heterocycles. The molecule has 4 heteroatoms. The summed E-state index contributed by atoms with van der Waals surface area (Å²) in [5.74, 6) is 0.181. The molecular weight excluding hydrogens is 216 g/mol. The van der Waals surface area contributed by atoms with Crippen molar-refractivity contribution in [2.45, 2.75) is 45.6 Å². The Bertz CT molecular complexity index is 208. The number of nitrogens with one attached hydrogen (secondary N) is 1. The number of likely N-dealkylation sites (N-methyl/N-ethyl adjacent to an activating group) is 1. The second kappa shape index (κ2) is 9.42. The average molecular weight is 244 g/mol. The van der Waals surface area contributed by atoms with Gasteiger partial charge in [0.2, 0.25) is 5.91 Å². The van der Waals surface area contributed by atoms with Crippen LogP contribution in [0.4, 0.5) is 0 Å². The SMILES string of the molecule is CCCCC(CC)C(=O)NCC(O)CN(C)C. The van der Waals surface area contributed by atoms with Gasteiger partial charge in [-0.2, -0.15) is 0 Å². The lowest BCUT2D eigenvalue weighted by molar-refractivity contribution is -0.125. The molecule has 0 rings (SSSR count). The van der Waals surface area contributed by atoms with Gasteiger partial charge in [-0.25, -0.2) is 0 Å². The zero-order valence-corrected chi connectivity index (χ0v) is 11.7. The van der Waals surface area contributed by atoms with E-state index in [-0.39, 0.29) is 11.8 Å². The fourth-order valence-corrected chi connectivity index (χ4v) is 1.82. The monoisotopic (exact) mass is 244 g/mol. The van der Waals surface area contributed by atoms with Crippen LogP contribution in [0.5, 0.6) is 0 Å². The third kappa shape index (κ3) is 8.16. The minimum Gasteiger partial charge on any atom is -0.390 e. The lowest BCUT2D eigenvalue weighted by Crippen LogP contribution is -2.40. The number of unbranched alkanes of at least 4 members (excludes halogenated alkanes) is 1. The summed E-state index contributed by atoms with van der Waals surface area (Å²) in [6.45, 7) is 5.09. The molecule has 1 amide bonds. The van der Waals surface area contributed by atoms with E-state index in [1.54, 1.807) is 0 Å². The number of aliphatic hydroxyl groups excluding tert-OH is 1. The van der Waals surface area contributed by atoms with Crippen molar-refractivity contribution in [2.24, 2.45) is 5.92 Å². The van der Waals surface area contributed by atoms with Gasteiger partial charge in [0, 0.05) is 19.0 Å². The molecule has 0 fully saturated rings. The smallest absolute Gasteiger partial charge is 0.223 e. The van der Waals surface area contributed by atoms with Crippen molar-refractivity contribution in [2.75, 3.05) is 27.2 Å². The summed E-state index contributed by atoms with van der Waals surface area (Å²) in [6, 6.07) is 0. The standard InChI is InChI=1S/C13H28N2O2/c1-5-7-8-11(6-2)13(17)14-9-12(16)10-15(3)4/h11-12,16H,5-10H2,1-4H3,(H,14,17). The fourth-order valence-electron chi connectivity index (χ4n) is 1.82. The normalized spacial score (nSPS) is 14.7. The topological polar surface area (TPSA) is 52.6 Å². The first-order valence-electron chi connectivity index (χ1n) is 6.61. The number of nitrogens with zero attached hydrogens (tertiary/aromatic N) is 1. The Kier molecular flexibility index (Phi) is 9.09. The zero-order valence-electron chi connectivity index (χ0n) is 11.7. The molecule has 0 aliphatic rings. The highest BCUT2D eigenvalue weighted by atomic mass is 16.3. The van der Waals surface area contributed by atoms with Gasteiger partial charge in [-0.3, -0.25) is 4.79 Å². The van der Waals surface area contributed by atoms with Crippen LogP contribution in [0.1, 0.15) is 39.5 Å². The van der Waals surface area contributed by atoms with Gasteiger partial charge >= 0.3 is 0 Å². The van der Waals surface area contributed by atoms with Crippen molar-refractivity contribution in [3.63, 3.8) is 0 Å². The molecule has 2 atom stereocenters. The van der Waals surface area contributed by atoms with E-state index in [2.05, 4.69) is 12.2 Å². The predicted octanol–water partition coefficient (Wildman–Crippen LogP) is 1.24. The molecular formula is C13H28N2O2. The number of amides is 1. The highest BCUT2D eigenvalue weighted by Crippen LogP contribution is 2.12. The molecule has 0 spiro atoms. The van der Waals surface area contributed by atoms with Crippen LogP contribution in [-0.2, 0) is 4.79 Å². The van der Waals surface area contributed by atoms with E-state index in [9.17, 15) is 9.90 Å². The highest BCUT2D eigenvalue weighted by molar-refractivity contribution is 5.78. The summed E-state index contributed by atoms with van der Waals surface area (Å²) < 4.78 is 0. The Morgan fingerprint density at radius 3 is 2.47 bits per heavy atom. The second-order valence-corrected chi connectivity index (χ2v) is 4.91. The van der Waals surface area contributed by atoms with Gasteiger partial charge in [0.15, 0.2) is 0 Å². The Morgan fingerprint density at radius 1 is 1.35 bits per heavy atom. The number of carbonyl (C=O) groups is 1. The van der Waals surface area contributed by atoms with Crippen molar-refractivity contribution in [3.8, 4) is 0 Å². The molecule has 0 saturated heterocycles. The first kappa shape index (κ1) is 16.4. The lowest BCUT2D eigenvalue weighted by Gasteiger charge is -2.19. The van der Waals surface area contributed by atoms with Crippen LogP contribution in [0.3, 0.4) is 0 Å². The molecule has 0 radical (unpaired) electrons. The Balaban J connectivity index is 3.88. The molecule has 2 N–H and O–H groups in total. The molecule has 0 aromatic rings. The molecule has 0 aliphatic carbocycles. The first-order chi connectivity index (χ1) is 8.01. The largest absolute Gasteiger partial charge is 0.390 e. The third-order valence-corrected chi connectivity index (χ3v) is 2.86. The minimum absolute atomic E-state index is 0.0822. The summed E-state index contributed by atoms with van der Waals surface area (Å²) in [5.41, 5.74) is 0. The molecule has 102 valence electrons. The van der Waals surface area contributed by atoms with Crippen LogP contribution < -0.4 is 5.32 Å². The Labute approximate surface area is 105 Å². The van der Waals surface area contributed by atoms with Crippen LogP contribution in [0.25, 0.3) is 0 Å². The molecule has 0 saturated carbocycles. The van der Waals surface area contributed by atoms with Gasteiger partial charge in [-0.15, -0.1) is 0 Å². The minimum atomic E-state index is -0.488. The molecule has 0 aromatic carbocycles. The highest BCUT2D eigenvalue weighted by Gasteiger charge is 2.16. The number of hydrogen-bond acceptors (Lipinski definition) is 3. The first-order valence-corrected chi connectivity index (χ1v) is 6.61. The van der Waals surface area contributed by atoms with Crippen LogP contribution in [0, 0.1) is 5.92 Å². The van der Waals surface area contributed by atoms with Crippen molar-refractivity contribution in [3.05, 3.63) is 0 Å². The quantitative estimate of drug-likeness (QED) is 0.641. The lowest BCUT2D eigenvalue weighted by atomic mass is 9.98. The van der Waals surface area contributed by atoms with E-state index in [0.717, 1.165) is 25.7 Å². The van der Waals surface area contributed by atoms with E-state index >= 15 is 0 Å². The molecule has 4 nitrogen and oxygen atoms in total. The van der Waals surface area contributed by atoms with Crippen molar-refractivity contribution >= 4 is 5.91 Å². The Hall–Kier alpha value is -0.610. The van der Waals surface area contributed by atoms with Gasteiger partial charge in [0.25, 0.3) is 0 Å². The third-order valence-electron chi connectivity index (χ3n) is 2.86. The van der Waals surface area contributed by atoms with Gasteiger partial charge in [-0.05, 0) is 26.9 Å². The van der Waals surface area contributed by atoms with Gasteiger partial charge < -0.3 is 15.3 Å². The van der Waals surface area contributed by atoms with E-state index in [0.29, 0.717) is 13.1 Å². The van der Waals surface area contributed by atoms with Crippen molar-refractivity contribution in [1.29, 1.82) is 0 Å². The summed E-state index contributed by atoms with van der Waals surface area (Å²) >= 11 is 0. The van der Waals surface area contributed by atoms with Crippen LogP contribution in [0.15, 0.2) is 0 Å². The van der Waals surface area contributed by atoms with E-state index in [1.807, 2.05) is 25.9 Å². The van der Waals surface area contributed by atoms with Crippen molar-refractivity contribution < 1.29 is 9.90 Å². The van der Waals surface area contributed by atoms with Crippen molar-refractivity contribution in [1.82, 2.24) is 10.2 Å². The van der Waals surface area contributed by atoms with Gasteiger partial charge in [0.05, 0.1) is 6.10 Å². The summed E-state index contributed by atoms with van der Waals surface area (Å²) in [6.07, 6.45) is 3.54. The number of aliphatic hydroxyl groups is 1. The summed E-state index contributed by atoms with van der Waals surface area (Å²) in [4.78, 5) is 13.7. The molecule has 0 aromatic heterocycles. The maximum Gasteiger partial charge on any atom is 0.223 e. The average Bonchev–Trinajstić information content (AvgIpc) is 2.26. The van der Waals surface area contributed by atoms with Crippen LogP contribution in [0.2, 0.25) is 0 Å². The van der Waals surface area contributed by atoms with Crippen LogP contribution in [-0.4, -0.2) is 49.2 Å². The molecule has 0 bridgehead atoms. The summed E-state index contributed by atoms with van der Waals surface area (Å²) in [7, 11) is 3.81. The van der Waals surface area contributed by atoms with E-state index < -0.39 is 6.10 Å². The molecule has 0 aliphatic heterocycles. The Morgan fingerprint density at radius 2 is 2.00 bits per heavy atom. The zero-order chi connectivity index (χ0) is 13.3. The molecule has 2 unspecified atom stereocenters. The number of rotatable bonds is 9. The van der Waals surface area contributed by atoms with Crippen LogP contribution >= 0.6 is 0 Å². The number of carbonyl (C=O) groups excluding carboxylic acids is 1. The molecule has 17 heavy (non-hydrogen) atoms. The second-order valence-electron chi connectivity index (χ2n) is 4.91. The van der Waals surface area contributed by atoms with Gasteiger partial charge in [0.1, 0.15) is 0 Å². The number of hydrogen-bond donors (Lipinski definition) is 2. The van der Waals surface area contributed by atoms with Gasteiger partial charge in [-0.1, -0.05) is 26.7 Å². The maximum atomic E-state index is 11.8. The maximum absolute atomic E-state index is 11.8. The van der Waals surface area contributed by atoms with E-state index in [1.165, 1.54) is 0 Å². The summed E-state index contributed by atoms with van der Waals surface area (Å²) in [5, 5.41) is 12.5. The fraction of sp³-hybridized carbons (Fsp3) is 0.923. The van der Waals surface area contributed by atoms with E-state index in [4.69, 9.17) is 0 Å².